The van der Waals surface area contributed by atoms with Gasteiger partial charge in [0.25, 0.3) is 5.91 Å². The van der Waals surface area contributed by atoms with Crippen LogP contribution in [0.2, 0.25) is 0 Å². The Labute approximate surface area is 61.2 Å². The molecule has 0 aromatic heterocycles. The molecule has 1 atom stereocenters. The molecule has 1 unspecified atom stereocenters. The van der Waals surface area contributed by atoms with Gasteiger partial charge in [-0.3, -0.25) is 4.79 Å². The molecule has 0 aliphatic heterocycles. The van der Waals surface area contributed by atoms with Crippen molar-refractivity contribution in [2.75, 3.05) is 14.1 Å². The molecule has 3 heteroatoms. The van der Waals surface area contributed by atoms with Gasteiger partial charge < -0.3 is 10.6 Å². The van der Waals surface area contributed by atoms with Crippen LogP contribution in [0.5, 0.6) is 0 Å². The predicted molar refractivity (Wildman–Crippen MR) is 40.1 cm³/mol. The van der Waals surface area contributed by atoms with Crippen molar-refractivity contribution in [1.82, 2.24) is 4.90 Å². The second-order valence-electron chi connectivity index (χ2n) is 2.26. The molecule has 0 aromatic carbocycles. The first-order valence-corrected chi connectivity index (χ1v) is 3.02. The van der Waals surface area contributed by atoms with Gasteiger partial charge in [0.05, 0.1) is 6.04 Å². The van der Waals surface area contributed by atoms with Crippen molar-refractivity contribution in [3.05, 3.63) is 0 Å². The van der Waals surface area contributed by atoms with E-state index in [0.29, 0.717) is 0 Å². The molecule has 3 nitrogen and oxygen atoms in total. The fraction of sp³-hybridized carbons (Fsp3) is 0.571. The second-order valence-corrected chi connectivity index (χ2v) is 2.26. The van der Waals surface area contributed by atoms with Crippen LogP contribution in [0.4, 0.5) is 0 Å². The van der Waals surface area contributed by atoms with Gasteiger partial charge in [-0.25, -0.2) is 0 Å². The summed E-state index contributed by atoms with van der Waals surface area (Å²) in [7, 11) is 3.30. The Morgan fingerprint density at radius 1 is 1.60 bits per heavy atom. The Kier molecular flexibility index (Phi) is 3.52. The molecule has 0 aliphatic rings. The molecule has 0 saturated heterocycles. The molecule has 1 amide bonds. The average Bonchev–Trinajstić information content (AvgIpc) is 1.82. The minimum Gasteiger partial charge on any atom is -0.338 e. The predicted octanol–water partition coefficient (Wildman–Crippen LogP) is -0.575. The lowest BCUT2D eigenvalue weighted by atomic mass is 10.3. The summed E-state index contributed by atoms with van der Waals surface area (Å²) < 4.78 is 0. The molecule has 2 N–H and O–H groups in total. The third-order valence-corrected chi connectivity index (χ3v) is 0.813. The zero-order valence-corrected chi connectivity index (χ0v) is 6.51. The van der Waals surface area contributed by atoms with Gasteiger partial charge in [-0.1, -0.05) is 5.92 Å². The van der Waals surface area contributed by atoms with E-state index in [1.54, 1.807) is 21.0 Å². The van der Waals surface area contributed by atoms with Gasteiger partial charge in [0.2, 0.25) is 0 Å². The Morgan fingerprint density at radius 2 is 2.10 bits per heavy atom. The summed E-state index contributed by atoms with van der Waals surface area (Å²) in [5.74, 6) is 4.75. The summed E-state index contributed by atoms with van der Waals surface area (Å²) in [5, 5.41) is 0. The third kappa shape index (κ3) is 3.93. The van der Waals surface area contributed by atoms with Crippen LogP contribution in [-0.2, 0) is 4.79 Å². The molecule has 0 spiro atoms. The summed E-state index contributed by atoms with van der Waals surface area (Å²) in [6.45, 7) is 1.73. The highest BCUT2D eigenvalue weighted by Crippen LogP contribution is 1.75. The van der Waals surface area contributed by atoms with E-state index in [1.807, 2.05) is 0 Å². The van der Waals surface area contributed by atoms with Gasteiger partial charge in [-0.15, -0.1) is 0 Å². The number of hydrogen-bond acceptors (Lipinski definition) is 2. The van der Waals surface area contributed by atoms with Crippen LogP contribution in [0.15, 0.2) is 0 Å². The van der Waals surface area contributed by atoms with Crippen molar-refractivity contribution in [3.8, 4) is 11.8 Å². The summed E-state index contributed by atoms with van der Waals surface area (Å²) >= 11 is 0. The molecule has 0 heterocycles. The van der Waals surface area contributed by atoms with Crippen molar-refractivity contribution in [2.45, 2.75) is 13.0 Å². The van der Waals surface area contributed by atoms with Gasteiger partial charge in [0, 0.05) is 14.1 Å². The van der Waals surface area contributed by atoms with Crippen LogP contribution in [-0.4, -0.2) is 30.9 Å². The molecular weight excluding hydrogens is 128 g/mol. The lowest BCUT2D eigenvalue weighted by Gasteiger charge is -2.02. The van der Waals surface area contributed by atoms with Crippen molar-refractivity contribution in [2.24, 2.45) is 5.73 Å². The average molecular weight is 140 g/mol. The van der Waals surface area contributed by atoms with Crippen molar-refractivity contribution in [1.29, 1.82) is 0 Å². The van der Waals surface area contributed by atoms with E-state index in [1.165, 1.54) is 4.90 Å². The fourth-order valence-electron chi connectivity index (χ4n) is 0.287. The van der Waals surface area contributed by atoms with E-state index in [2.05, 4.69) is 11.8 Å². The van der Waals surface area contributed by atoms with Crippen LogP contribution in [0, 0.1) is 11.8 Å². The number of nitrogens with two attached hydrogens (primary N) is 1. The summed E-state index contributed by atoms with van der Waals surface area (Å²) in [6, 6.07) is -0.233. The zero-order chi connectivity index (χ0) is 8.15. The summed E-state index contributed by atoms with van der Waals surface area (Å²) in [4.78, 5) is 12.2. The van der Waals surface area contributed by atoms with E-state index in [0.717, 1.165) is 0 Å². The van der Waals surface area contributed by atoms with Crippen LogP contribution in [0.1, 0.15) is 6.92 Å². The van der Waals surface area contributed by atoms with Gasteiger partial charge >= 0.3 is 0 Å². The molecule has 10 heavy (non-hydrogen) atoms. The summed E-state index contributed by atoms with van der Waals surface area (Å²) in [6.07, 6.45) is 0. The number of amides is 1. The SMILES string of the molecule is CC(N)C#CC(=O)N(C)C. The molecule has 0 radical (unpaired) electrons. The molecule has 56 valence electrons. The van der Waals surface area contributed by atoms with Crippen molar-refractivity contribution < 1.29 is 4.79 Å². The standard InChI is InChI=1S/C7H12N2O/c1-6(8)4-5-7(10)9(2)3/h6H,8H2,1-3H3. The first-order chi connectivity index (χ1) is 4.54. The molecule has 0 saturated carbocycles. The molecular formula is C7H12N2O. The first-order valence-electron chi connectivity index (χ1n) is 3.02. The Hall–Kier alpha value is -1.01. The van der Waals surface area contributed by atoms with Crippen LogP contribution < -0.4 is 5.73 Å². The summed E-state index contributed by atoms with van der Waals surface area (Å²) in [5.41, 5.74) is 5.30. The molecule has 0 aromatic rings. The van der Waals surface area contributed by atoms with Crippen molar-refractivity contribution in [3.63, 3.8) is 0 Å². The lowest BCUT2D eigenvalue weighted by Crippen LogP contribution is -2.20. The molecule has 0 aliphatic carbocycles. The first kappa shape index (κ1) is 8.99. The van der Waals surface area contributed by atoms with E-state index in [4.69, 9.17) is 5.73 Å². The number of carbonyl (C=O) groups is 1. The van der Waals surface area contributed by atoms with Crippen molar-refractivity contribution >= 4 is 5.91 Å². The van der Waals surface area contributed by atoms with Crippen LogP contribution >= 0.6 is 0 Å². The number of nitrogens with zero attached hydrogens (tertiary/aromatic N) is 1. The highest BCUT2D eigenvalue weighted by Gasteiger charge is 1.95. The maximum atomic E-state index is 10.7. The molecule has 0 rings (SSSR count). The van der Waals surface area contributed by atoms with E-state index in [9.17, 15) is 4.79 Å². The normalized spacial score (nSPS) is 11.2. The van der Waals surface area contributed by atoms with Gasteiger partial charge in [0.1, 0.15) is 0 Å². The highest BCUT2D eigenvalue weighted by molar-refractivity contribution is 5.93. The van der Waals surface area contributed by atoms with Crippen LogP contribution in [0.3, 0.4) is 0 Å². The zero-order valence-electron chi connectivity index (χ0n) is 6.51. The monoisotopic (exact) mass is 140 g/mol. The fourth-order valence-corrected chi connectivity index (χ4v) is 0.287. The maximum Gasteiger partial charge on any atom is 0.297 e. The van der Waals surface area contributed by atoms with Gasteiger partial charge in [-0.2, -0.15) is 0 Å². The number of hydrogen-bond donors (Lipinski definition) is 1. The minimum atomic E-state index is -0.233. The van der Waals surface area contributed by atoms with Gasteiger partial charge in [-0.05, 0) is 12.8 Å². The lowest BCUT2D eigenvalue weighted by molar-refractivity contribution is -0.122. The Morgan fingerprint density at radius 3 is 2.40 bits per heavy atom. The minimum absolute atomic E-state index is 0.211. The van der Waals surface area contributed by atoms with E-state index >= 15 is 0 Å². The Bertz CT molecular complexity index is 174. The van der Waals surface area contributed by atoms with E-state index < -0.39 is 0 Å². The Balaban J connectivity index is 3.93. The molecule has 0 bridgehead atoms. The highest BCUT2D eigenvalue weighted by atomic mass is 16.2. The smallest absolute Gasteiger partial charge is 0.297 e. The largest absolute Gasteiger partial charge is 0.338 e. The second kappa shape index (κ2) is 3.91. The number of carbonyl (C=O) groups excluding carboxylic acids is 1. The maximum absolute atomic E-state index is 10.7. The topological polar surface area (TPSA) is 46.3 Å². The van der Waals surface area contributed by atoms with Gasteiger partial charge in [0.15, 0.2) is 0 Å². The number of rotatable bonds is 0. The van der Waals surface area contributed by atoms with Crippen LogP contribution in [0.25, 0.3) is 0 Å². The third-order valence-electron chi connectivity index (χ3n) is 0.813. The quantitative estimate of drug-likeness (QED) is 0.458. The van der Waals surface area contributed by atoms with E-state index in [-0.39, 0.29) is 11.9 Å². The molecule has 0 fully saturated rings.